The summed E-state index contributed by atoms with van der Waals surface area (Å²) < 4.78 is 1.80. The molecule has 0 aliphatic carbocycles. The maximum absolute atomic E-state index is 12.9. The van der Waals surface area contributed by atoms with Crippen molar-refractivity contribution in [1.82, 2.24) is 19.9 Å². The van der Waals surface area contributed by atoms with Crippen molar-refractivity contribution in [2.24, 2.45) is 0 Å². The van der Waals surface area contributed by atoms with Crippen LogP contribution in [0.15, 0.2) is 78.8 Å². The molecule has 0 saturated heterocycles. The lowest BCUT2D eigenvalue weighted by molar-refractivity contribution is 0.0943. The summed E-state index contributed by atoms with van der Waals surface area (Å²) >= 11 is 1.63. The Morgan fingerprint density at radius 1 is 1.07 bits per heavy atom. The molecule has 146 valence electrons. The molecule has 0 saturated carbocycles. The van der Waals surface area contributed by atoms with E-state index < -0.39 is 0 Å². The lowest BCUT2D eigenvalue weighted by Crippen LogP contribution is -2.29. The van der Waals surface area contributed by atoms with E-state index >= 15 is 0 Å². The van der Waals surface area contributed by atoms with E-state index in [4.69, 9.17) is 0 Å². The number of amides is 1. The van der Waals surface area contributed by atoms with Gasteiger partial charge in [0.25, 0.3) is 5.91 Å². The quantitative estimate of drug-likeness (QED) is 0.495. The van der Waals surface area contributed by atoms with E-state index in [1.807, 2.05) is 29.8 Å². The number of nitrogens with one attached hydrogen (secondary N) is 1. The molecule has 0 spiro atoms. The number of hydrogen-bond acceptors (Lipinski definition) is 4. The number of benzene rings is 1. The summed E-state index contributed by atoms with van der Waals surface area (Å²) in [6.45, 7) is 4.35. The second kappa shape index (κ2) is 8.41. The first-order valence-electron chi connectivity index (χ1n) is 9.50. The minimum Gasteiger partial charge on any atom is -0.340 e. The number of nitrogens with zero attached hydrogens (tertiary/aromatic N) is 3. The number of aromatic nitrogens is 3. The van der Waals surface area contributed by atoms with Crippen molar-refractivity contribution in [3.8, 4) is 5.82 Å². The Morgan fingerprint density at radius 3 is 2.45 bits per heavy atom. The Bertz CT molecular complexity index is 1050. The number of rotatable bonds is 6. The first kappa shape index (κ1) is 19.1. The van der Waals surface area contributed by atoms with E-state index in [1.165, 1.54) is 5.56 Å². The van der Waals surface area contributed by atoms with Gasteiger partial charge in [-0.1, -0.05) is 44.2 Å². The highest BCUT2D eigenvalue weighted by molar-refractivity contribution is 7.10. The lowest BCUT2D eigenvalue weighted by Gasteiger charge is -2.19. The normalized spacial score (nSPS) is 12.1. The maximum Gasteiger partial charge on any atom is 0.253 e. The fraction of sp³-hybridized carbons (Fsp3) is 0.174. The van der Waals surface area contributed by atoms with Crippen molar-refractivity contribution in [2.75, 3.05) is 0 Å². The summed E-state index contributed by atoms with van der Waals surface area (Å²) in [5.41, 5.74) is 2.87. The zero-order valence-electron chi connectivity index (χ0n) is 16.3. The third kappa shape index (κ3) is 4.27. The largest absolute Gasteiger partial charge is 0.340 e. The van der Waals surface area contributed by atoms with Gasteiger partial charge in [-0.2, -0.15) is 0 Å². The molecule has 0 radical (unpaired) electrons. The van der Waals surface area contributed by atoms with Crippen molar-refractivity contribution in [2.45, 2.75) is 25.8 Å². The van der Waals surface area contributed by atoms with Crippen LogP contribution in [0.4, 0.5) is 0 Å². The minimum atomic E-state index is -0.197. The summed E-state index contributed by atoms with van der Waals surface area (Å²) in [6, 6.07) is 15.9. The minimum absolute atomic E-state index is 0.152. The number of thiophene rings is 1. The summed E-state index contributed by atoms with van der Waals surface area (Å²) in [5.74, 6) is 1.04. The molecule has 0 fully saturated rings. The highest BCUT2D eigenvalue weighted by Crippen LogP contribution is 2.28. The molecule has 1 aromatic carbocycles. The Hall–Kier alpha value is -3.25. The number of pyridine rings is 1. The van der Waals surface area contributed by atoms with Crippen LogP contribution in [0.1, 0.15) is 52.2 Å². The van der Waals surface area contributed by atoms with Crippen molar-refractivity contribution in [3.63, 3.8) is 0 Å². The fourth-order valence-corrected chi connectivity index (χ4v) is 3.93. The molecule has 4 rings (SSSR count). The summed E-state index contributed by atoms with van der Waals surface area (Å²) in [7, 11) is 0. The molecule has 0 aliphatic rings. The average Bonchev–Trinajstić information content (AvgIpc) is 3.46. The van der Waals surface area contributed by atoms with Gasteiger partial charge in [0.05, 0.1) is 11.6 Å². The zero-order chi connectivity index (χ0) is 20.2. The molecule has 1 atom stereocenters. The van der Waals surface area contributed by atoms with Gasteiger partial charge in [-0.3, -0.25) is 9.36 Å². The van der Waals surface area contributed by atoms with E-state index in [1.54, 1.807) is 40.7 Å². The summed E-state index contributed by atoms with van der Waals surface area (Å²) in [6.07, 6.45) is 6.78. The Kier molecular flexibility index (Phi) is 5.53. The van der Waals surface area contributed by atoms with Gasteiger partial charge in [0.1, 0.15) is 12.1 Å². The number of carbonyl (C=O) groups is 1. The average molecular weight is 403 g/mol. The summed E-state index contributed by atoms with van der Waals surface area (Å²) in [5, 5.41) is 5.19. The zero-order valence-corrected chi connectivity index (χ0v) is 17.1. The third-order valence-electron chi connectivity index (χ3n) is 4.82. The van der Waals surface area contributed by atoms with E-state index in [2.05, 4.69) is 53.4 Å². The smallest absolute Gasteiger partial charge is 0.253 e. The molecule has 3 heterocycles. The molecule has 5 nitrogen and oxygen atoms in total. The lowest BCUT2D eigenvalue weighted by atomic mass is 9.98. The molecule has 1 unspecified atom stereocenters. The Balaban J connectivity index is 1.57. The Morgan fingerprint density at radius 2 is 1.86 bits per heavy atom. The number of carbonyl (C=O) groups excluding carboxylic acids is 1. The molecule has 3 aromatic heterocycles. The van der Waals surface area contributed by atoms with Crippen LogP contribution in [0.2, 0.25) is 0 Å². The second-order valence-electron chi connectivity index (χ2n) is 7.12. The van der Waals surface area contributed by atoms with Gasteiger partial charge < -0.3 is 5.32 Å². The molecule has 1 amide bonds. The van der Waals surface area contributed by atoms with Gasteiger partial charge in [0, 0.05) is 23.5 Å². The molecular weight excluding hydrogens is 380 g/mol. The highest BCUT2D eigenvalue weighted by Gasteiger charge is 2.19. The first-order chi connectivity index (χ1) is 14.1. The van der Waals surface area contributed by atoms with Crippen LogP contribution >= 0.6 is 11.3 Å². The fourth-order valence-electron chi connectivity index (χ4n) is 3.13. The van der Waals surface area contributed by atoms with E-state index in [-0.39, 0.29) is 11.9 Å². The van der Waals surface area contributed by atoms with E-state index in [0.29, 0.717) is 11.5 Å². The monoisotopic (exact) mass is 402 g/mol. The van der Waals surface area contributed by atoms with Crippen molar-refractivity contribution in [1.29, 1.82) is 0 Å². The first-order valence-corrected chi connectivity index (χ1v) is 10.4. The van der Waals surface area contributed by atoms with Gasteiger partial charge in [-0.15, -0.1) is 11.3 Å². The van der Waals surface area contributed by atoms with Crippen LogP contribution < -0.4 is 5.32 Å². The van der Waals surface area contributed by atoms with Crippen LogP contribution in [0.25, 0.3) is 5.82 Å². The van der Waals surface area contributed by atoms with E-state index in [0.717, 1.165) is 16.3 Å². The predicted octanol–water partition coefficient (Wildman–Crippen LogP) is 4.97. The topological polar surface area (TPSA) is 59.8 Å². The van der Waals surface area contributed by atoms with Gasteiger partial charge in [-0.05, 0) is 40.6 Å². The second-order valence-corrected chi connectivity index (χ2v) is 8.10. The SMILES string of the molecule is CC(C)c1ccc(C(NC(=O)c2ccc(-n3ccnc3)nc2)c2cccs2)cc1. The molecule has 6 heteroatoms. The Labute approximate surface area is 174 Å². The highest BCUT2D eigenvalue weighted by atomic mass is 32.1. The van der Waals surface area contributed by atoms with Crippen LogP contribution in [-0.2, 0) is 0 Å². The van der Waals surface area contributed by atoms with Crippen LogP contribution in [0.3, 0.4) is 0 Å². The molecule has 29 heavy (non-hydrogen) atoms. The van der Waals surface area contributed by atoms with Crippen LogP contribution in [-0.4, -0.2) is 20.4 Å². The molecule has 0 aliphatic heterocycles. The van der Waals surface area contributed by atoms with Crippen molar-refractivity contribution in [3.05, 3.63) is 100 Å². The summed E-state index contributed by atoms with van der Waals surface area (Å²) in [4.78, 5) is 22.4. The van der Waals surface area contributed by atoms with Crippen LogP contribution in [0.5, 0.6) is 0 Å². The van der Waals surface area contributed by atoms with Crippen molar-refractivity contribution < 1.29 is 4.79 Å². The van der Waals surface area contributed by atoms with Gasteiger partial charge in [-0.25, -0.2) is 9.97 Å². The van der Waals surface area contributed by atoms with Gasteiger partial charge >= 0.3 is 0 Å². The third-order valence-corrected chi connectivity index (χ3v) is 5.76. The molecule has 4 aromatic rings. The molecular formula is C23H22N4OS. The van der Waals surface area contributed by atoms with Gasteiger partial charge in [0.2, 0.25) is 0 Å². The van der Waals surface area contributed by atoms with E-state index in [9.17, 15) is 4.79 Å². The maximum atomic E-state index is 12.9. The number of hydrogen-bond donors (Lipinski definition) is 1. The van der Waals surface area contributed by atoms with Crippen LogP contribution in [0, 0.1) is 0 Å². The van der Waals surface area contributed by atoms with Crippen molar-refractivity contribution >= 4 is 17.2 Å². The number of imidazole rings is 1. The standard InChI is InChI=1S/C23H22N4OS/c1-16(2)17-5-7-18(8-6-17)22(20-4-3-13-29-20)26-23(28)19-9-10-21(25-14-19)27-12-11-24-15-27/h3-16,22H,1-2H3,(H,26,28). The van der Waals surface area contributed by atoms with Gasteiger partial charge in [0.15, 0.2) is 0 Å². The molecule has 0 bridgehead atoms. The molecule has 1 N–H and O–H groups in total. The predicted molar refractivity (Wildman–Crippen MR) is 116 cm³/mol.